The summed E-state index contributed by atoms with van der Waals surface area (Å²) in [6, 6.07) is 13.6. The molecule has 12 heteroatoms. The SMILES string of the molecule is COc1c(F)ccc2c1CC[C@H]2Nc1ccnc2cc(-c3c4c(nc(CCc5ccc(F)cc5)c3-c3nnc(C)o3)C3CCCN3C4=O)sc12. The fourth-order valence-corrected chi connectivity index (χ4v) is 9.04. The highest BCUT2D eigenvalue weighted by Gasteiger charge is 2.45. The zero-order valence-electron chi connectivity index (χ0n) is 27.4. The quantitative estimate of drug-likeness (QED) is 0.171. The number of methoxy groups -OCH3 is 1. The van der Waals surface area contributed by atoms with Crippen molar-refractivity contribution < 1.29 is 22.7 Å². The molecule has 0 saturated carbocycles. The predicted molar refractivity (Wildman–Crippen MR) is 185 cm³/mol. The third-order valence-electron chi connectivity index (χ3n) is 10.1. The lowest BCUT2D eigenvalue weighted by atomic mass is 9.93. The van der Waals surface area contributed by atoms with Crippen molar-refractivity contribution in [3.63, 3.8) is 0 Å². The van der Waals surface area contributed by atoms with Crippen LogP contribution in [0.1, 0.15) is 75.7 Å². The molecule has 9 rings (SSSR count). The van der Waals surface area contributed by atoms with Gasteiger partial charge in [-0.1, -0.05) is 18.2 Å². The number of hydrogen-bond donors (Lipinski definition) is 1. The van der Waals surface area contributed by atoms with Crippen molar-refractivity contribution in [1.82, 2.24) is 25.1 Å². The Hall–Kier alpha value is -5.23. The van der Waals surface area contributed by atoms with Gasteiger partial charge in [0.2, 0.25) is 11.8 Å². The molecule has 1 unspecified atom stereocenters. The number of rotatable bonds is 8. The van der Waals surface area contributed by atoms with Gasteiger partial charge in [-0.25, -0.2) is 8.78 Å². The molecule has 1 saturated heterocycles. The number of fused-ring (bicyclic) bond motifs is 5. The number of nitrogens with one attached hydrogen (secondary N) is 1. The second-order valence-corrected chi connectivity index (χ2v) is 14.1. The molecule has 1 amide bonds. The largest absolute Gasteiger partial charge is 0.493 e. The van der Waals surface area contributed by atoms with E-state index in [2.05, 4.69) is 15.5 Å². The molecule has 6 heterocycles. The van der Waals surface area contributed by atoms with Gasteiger partial charge in [-0.15, -0.1) is 21.5 Å². The number of halogens is 2. The van der Waals surface area contributed by atoms with Gasteiger partial charge in [-0.05, 0) is 80.0 Å². The molecule has 4 aromatic heterocycles. The smallest absolute Gasteiger partial charge is 0.257 e. The Morgan fingerprint density at radius 1 is 1.04 bits per heavy atom. The molecule has 252 valence electrons. The number of aromatic nitrogens is 4. The number of anilines is 1. The highest BCUT2D eigenvalue weighted by molar-refractivity contribution is 7.22. The van der Waals surface area contributed by atoms with Crippen molar-refractivity contribution in [1.29, 1.82) is 0 Å². The Balaban J connectivity index is 1.20. The normalized spacial score (nSPS) is 17.8. The average molecular weight is 691 g/mol. The molecule has 9 nitrogen and oxygen atoms in total. The summed E-state index contributed by atoms with van der Waals surface area (Å²) in [4.78, 5) is 26.9. The Bertz CT molecular complexity index is 2320. The summed E-state index contributed by atoms with van der Waals surface area (Å²) in [5, 5.41) is 12.3. The summed E-state index contributed by atoms with van der Waals surface area (Å²) < 4.78 is 40.6. The summed E-state index contributed by atoms with van der Waals surface area (Å²) in [6.07, 6.45) is 6.16. The first-order chi connectivity index (χ1) is 24.4. The van der Waals surface area contributed by atoms with E-state index in [9.17, 15) is 13.6 Å². The molecule has 2 aromatic carbocycles. The van der Waals surface area contributed by atoms with Crippen LogP contribution in [-0.4, -0.2) is 44.6 Å². The van der Waals surface area contributed by atoms with Gasteiger partial charge in [0.15, 0.2) is 11.6 Å². The van der Waals surface area contributed by atoms with E-state index in [0.29, 0.717) is 54.5 Å². The number of ether oxygens (including phenoxy) is 1. The molecule has 0 bridgehead atoms. The summed E-state index contributed by atoms with van der Waals surface area (Å²) in [6.45, 7) is 2.42. The van der Waals surface area contributed by atoms with Gasteiger partial charge in [0.1, 0.15) is 5.82 Å². The van der Waals surface area contributed by atoms with E-state index in [1.165, 1.54) is 25.3 Å². The van der Waals surface area contributed by atoms with Crippen LogP contribution in [0.2, 0.25) is 0 Å². The number of thiophene rings is 1. The second-order valence-electron chi connectivity index (χ2n) is 13.0. The van der Waals surface area contributed by atoms with Gasteiger partial charge >= 0.3 is 0 Å². The highest BCUT2D eigenvalue weighted by Crippen LogP contribution is 2.51. The van der Waals surface area contributed by atoms with Gasteiger partial charge in [-0.2, -0.15) is 0 Å². The lowest BCUT2D eigenvalue weighted by Gasteiger charge is -2.17. The van der Waals surface area contributed by atoms with E-state index in [1.807, 2.05) is 23.1 Å². The minimum atomic E-state index is -0.356. The van der Waals surface area contributed by atoms with Crippen LogP contribution in [0.4, 0.5) is 14.5 Å². The van der Waals surface area contributed by atoms with Crippen LogP contribution in [-0.2, 0) is 19.3 Å². The molecule has 3 aliphatic rings. The third-order valence-corrected chi connectivity index (χ3v) is 11.3. The maximum atomic E-state index is 14.5. The zero-order valence-corrected chi connectivity index (χ0v) is 28.2. The minimum Gasteiger partial charge on any atom is -0.493 e. The number of carbonyl (C=O) groups excluding carboxylic acids is 1. The van der Waals surface area contributed by atoms with Gasteiger partial charge < -0.3 is 19.4 Å². The molecular formula is C38H32F2N6O3S. The first-order valence-electron chi connectivity index (χ1n) is 16.8. The number of amides is 1. The molecule has 1 aliphatic carbocycles. The van der Waals surface area contributed by atoms with Crippen LogP contribution in [0.25, 0.3) is 32.1 Å². The van der Waals surface area contributed by atoms with E-state index < -0.39 is 0 Å². The van der Waals surface area contributed by atoms with E-state index in [0.717, 1.165) is 73.7 Å². The minimum absolute atomic E-state index is 0.0374. The Morgan fingerprint density at radius 2 is 1.90 bits per heavy atom. The molecule has 2 aliphatic heterocycles. The first-order valence-corrected chi connectivity index (χ1v) is 17.6. The van der Waals surface area contributed by atoms with Crippen molar-refractivity contribution in [3.8, 4) is 27.6 Å². The molecule has 1 fully saturated rings. The van der Waals surface area contributed by atoms with Gasteiger partial charge in [0.05, 0.1) is 57.6 Å². The first kappa shape index (κ1) is 30.8. The van der Waals surface area contributed by atoms with Crippen LogP contribution in [0.15, 0.2) is 59.1 Å². The highest BCUT2D eigenvalue weighted by atomic mass is 32.1. The van der Waals surface area contributed by atoms with Gasteiger partial charge in [-0.3, -0.25) is 14.8 Å². The van der Waals surface area contributed by atoms with Crippen LogP contribution in [0.5, 0.6) is 5.75 Å². The molecule has 50 heavy (non-hydrogen) atoms. The van der Waals surface area contributed by atoms with E-state index in [1.54, 1.807) is 36.6 Å². The number of aryl methyl sites for hydroxylation is 3. The molecule has 1 N–H and O–H groups in total. The number of benzene rings is 2. The Morgan fingerprint density at radius 3 is 2.70 bits per heavy atom. The molecule has 2 atom stereocenters. The lowest BCUT2D eigenvalue weighted by molar-refractivity contribution is 0.0776. The maximum absolute atomic E-state index is 14.5. The zero-order chi connectivity index (χ0) is 34.1. The summed E-state index contributed by atoms with van der Waals surface area (Å²) >= 11 is 1.55. The Kier molecular flexibility index (Phi) is 7.38. The van der Waals surface area contributed by atoms with Crippen LogP contribution in [0.3, 0.4) is 0 Å². The standard InChI is InChI=1S/C38H32F2N6O3S/c1-19-44-45-37(49-19)31-26(13-7-20-5-8-21(39)9-6-20)43-34-29-4-3-17-46(29)38(47)33(34)32(31)30-18-28-36(50-30)27(15-16-41-28)42-25-14-11-23-22(25)10-12-24(40)35(23)48-2/h5-6,8-10,12,15-16,18,25,29H,3-4,7,11,13-14,17H2,1-2H3,(H,41,42)/t25-,29?/m1/s1. The molecule has 0 radical (unpaired) electrons. The molecule has 0 spiro atoms. The average Bonchev–Trinajstić information content (AvgIpc) is 3.96. The second kappa shape index (κ2) is 12.0. The maximum Gasteiger partial charge on any atom is 0.257 e. The van der Waals surface area contributed by atoms with Crippen molar-refractivity contribution in [2.75, 3.05) is 19.0 Å². The fourth-order valence-electron chi connectivity index (χ4n) is 7.90. The van der Waals surface area contributed by atoms with Crippen molar-refractivity contribution in [2.45, 2.75) is 57.5 Å². The third kappa shape index (κ3) is 4.95. The predicted octanol–water partition coefficient (Wildman–Crippen LogP) is 8.18. The number of carbonyl (C=O) groups is 1. The summed E-state index contributed by atoms with van der Waals surface area (Å²) in [5.41, 5.74) is 8.03. The van der Waals surface area contributed by atoms with E-state index in [-0.39, 0.29) is 29.6 Å². The van der Waals surface area contributed by atoms with Crippen molar-refractivity contribution in [3.05, 3.63) is 106 Å². The van der Waals surface area contributed by atoms with Crippen molar-refractivity contribution >= 4 is 33.1 Å². The monoisotopic (exact) mass is 690 g/mol. The van der Waals surface area contributed by atoms with Gasteiger partial charge in [0, 0.05) is 35.7 Å². The molecule has 6 aromatic rings. The van der Waals surface area contributed by atoms with Crippen LogP contribution >= 0.6 is 11.3 Å². The summed E-state index contributed by atoms with van der Waals surface area (Å²) in [7, 11) is 1.50. The number of pyridine rings is 2. The lowest BCUT2D eigenvalue weighted by Crippen LogP contribution is -2.22. The molecular weight excluding hydrogens is 659 g/mol. The van der Waals surface area contributed by atoms with E-state index >= 15 is 0 Å². The van der Waals surface area contributed by atoms with Crippen molar-refractivity contribution in [2.24, 2.45) is 0 Å². The van der Waals surface area contributed by atoms with Gasteiger partial charge in [0.25, 0.3) is 5.91 Å². The number of nitrogens with zero attached hydrogens (tertiary/aromatic N) is 5. The van der Waals surface area contributed by atoms with Crippen LogP contribution in [0, 0.1) is 18.6 Å². The Labute approximate surface area is 290 Å². The number of hydrogen-bond acceptors (Lipinski definition) is 9. The van der Waals surface area contributed by atoms with Crippen LogP contribution < -0.4 is 10.1 Å². The topological polar surface area (TPSA) is 106 Å². The van der Waals surface area contributed by atoms with E-state index in [4.69, 9.17) is 19.1 Å². The summed E-state index contributed by atoms with van der Waals surface area (Å²) in [5.74, 6) is 0.327. The fraction of sp³-hybridized carbons (Fsp3) is 0.289.